The molecule has 178 valence electrons. The Kier molecular flexibility index (Phi) is 7.37. The summed E-state index contributed by atoms with van der Waals surface area (Å²) < 4.78 is 21.6. The third-order valence-electron chi connectivity index (χ3n) is 7.09. The number of carbonyl (C=O) groups is 1. The van der Waals surface area contributed by atoms with Crippen molar-refractivity contribution in [3.8, 4) is 0 Å². The molecule has 3 N–H and O–H groups in total. The fourth-order valence-electron chi connectivity index (χ4n) is 3.00. The normalized spacial score (nSPS) is 25.8. The minimum absolute atomic E-state index is 0.0131. The van der Waals surface area contributed by atoms with Crippen LogP contribution in [0.3, 0.4) is 0 Å². The number of nitrogens with zero attached hydrogens (tertiary/aromatic N) is 2. The van der Waals surface area contributed by atoms with Gasteiger partial charge in [0.15, 0.2) is 22.9 Å². The smallest absolute Gasteiger partial charge is 0.268 e. The molecule has 0 radical (unpaired) electrons. The molecule has 1 fully saturated rings. The van der Waals surface area contributed by atoms with Gasteiger partial charge in [0, 0.05) is 6.20 Å². The summed E-state index contributed by atoms with van der Waals surface area (Å²) in [4.78, 5) is 15.7. The summed E-state index contributed by atoms with van der Waals surface area (Å²) in [6.07, 6.45) is 1.06. The van der Waals surface area contributed by atoms with Gasteiger partial charge in [-0.1, -0.05) is 41.5 Å². The molecule has 0 spiro atoms. The number of ether oxygens (including phenoxy) is 1. The molecular formula is C21H41N3O5Si2. The minimum Gasteiger partial charge on any atom is -0.408 e. The van der Waals surface area contributed by atoms with Crippen LogP contribution in [0.1, 0.15) is 58.3 Å². The summed E-state index contributed by atoms with van der Waals surface area (Å²) in [6.45, 7) is 21.6. The van der Waals surface area contributed by atoms with Crippen LogP contribution in [0.15, 0.2) is 12.5 Å². The van der Waals surface area contributed by atoms with E-state index in [1.807, 2.05) is 0 Å². The molecule has 0 aromatic carbocycles. The van der Waals surface area contributed by atoms with E-state index in [4.69, 9.17) is 19.3 Å². The highest BCUT2D eigenvalue weighted by Gasteiger charge is 2.54. The molecule has 0 unspecified atom stereocenters. The van der Waals surface area contributed by atoms with Crippen molar-refractivity contribution in [2.45, 2.75) is 102 Å². The third-order valence-corrected chi connectivity index (χ3v) is 16.0. The van der Waals surface area contributed by atoms with Crippen LogP contribution in [0.25, 0.3) is 0 Å². The van der Waals surface area contributed by atoms with E-state index in [9.17, 15) is 9.90 Å². The molecule has 1 aliphatic heterocycles. The fraction of sp³-hybridized carbons (Fsp3) is 0.810. The Hall–Kier alpha value is -1.05. The maximum absolute atomic E-state index is 11.6. The highest BCUT2D eigenvalue weighted by molar-refractivity contribution is 6.74. The predicted molar refractivity (Wildman–Crippen MR) is 126 cm³/mol. The largest absolute Gasteiger partial charge is 0.408 e. The molecule has 1 saturated heterocycles. The van der Waals surface area contributed by atoms with Gasteiger partial charge in [0.05, 0.1) is 12.9 Å². The second kappa shape index (κ2) is 8.71. The van der Waals surface area contributed by atoms with Crippen molar-refractivity contribution in [3.05, 3.63) is 18.2 Å². The van der Waals surface area contributed by atoms with Crippen molar-refractivity contribution in [2.24, 2.45) is 5.73 Å². The second-order valence-electron chi connectivity index (χ2n) is 11.5. The standard InChI is InChI=1S/C21H41N3O5Si2/c1-20(2,3)30(7,8)28-16-15(12-25)27-19(24-11-14(18(22)26)23-13-24)17(16)29-31(9,10)21(4,5)6/h11,13,15-17,19,25H,12H2,1-10H3,(H2,22,26)/t15-,16-,17-,19-/m1/s1. The van der Waals surface area contributed by atoms with Gasteiger partial charge in [-0.3, -0.25) is 4.79 Å². The molecule has 1 aliphatic rings. The van der Waals surface area contributed by atoms with Gasteiger partial charge in [-0.25, -0.2) is 4.98 Å². The van der Waals surface area contributed by atoms with E-state index in [-0.39, 0.29) is 22.4 Å². The first-order chi connectivity index (χ1) is 13.9. The number of rotatable bonds is 7. The Balaban J connectivity index is 2.50. The second-order valence-corrected chi connectivity index (χ2v) is 21.0. The fourth-order valence-corrected chi connectivity index (χ4v) is 5.60. The first-order valence-electron chi connectivity index (χ1n) is 10.9. The highest BCUT2D eigenvalue weighted by Crippen LogP contribution is 2.45. The quantitative estimate of drug-likeness (QED) is 0.588. The molecule has 4 atom stereocenters. The van der Waals surface area contributed by atoms with Crippen molar-refractivity contribution in [1.29, 1.82) is 0 Å². The van der Waals surface area contributed by atoms with E-state index in [0.29, 0.717) is 0 Å². The minimum atomic E-state index is -2.22. The van der Waals surface area contributed by atoms with Crippen LogP contribution in [0, 0.1) is 0 Å². The molecule has 2 rings (SSSR count). The summed E-state index contributed by atoms with van der Waals surface area (Å²) in [5.74, 6) is -0.605. The number of aromatic nitrogens is 2. The average molecular weight is 472 g/mol. The molecule has 0 bridgehead atoms. The van der Waals surface area contributed by atoms with Crippen molar-refractivity contribution in [1.82, 2.24) is 9.55 Å². The molecule has 1 aromatic heterocycles. The molecular weight excluding hydrogens is 430 g/mol. The van der Waals surface area contributed by atoms with Gasteiger partial charge in [-0.2, -0.15) is 0 Å². The van der Waals surface area contributed by atoms with Crippen molar-refractivity contribution >= 4 is 22.5 Å². The van der Waals surface area contributed by atoms with Gasteiger partial charge in [-0.15, -0.1) is 0 Å². The lowest BCUT2D eigenvalue weighted by Gasteiger charge is -2.44. The molecule has 0 saturated carbocycles. The lowest BCUT2D eigenvalue weighted by atomic mass is 10.1. The maximum atomic E-state index is 11.6. The molecule has 2 heterocycles. The number of primary amides is 1. The summed E-state index contributed by atoms with van der Waals surface area (Å²) in [5, 5.41) is 10.1. The number of amides is 1. The van der Waals surface area contributed by atoms with Crippen LogP contribution in [-0.4, -0.2) is 62.1 Å². The van der Waals surface area contributed by atoms with E-state index >= 15 is 0 Å². The molecule has 8 nitrogen and oxygen atoms in total. The monoisotopic (exact) mass is 471 g/mol. The zero-order valence-corrected chi connectivity index (χ0v) is 22.7. The topological polar surface area (TPSA) is 109 Å². The van der Waals surface area contributed by atoms with Gasteiger partial charge in [0.25, 0.3) is 5.91 Å². The Morgan fingerprint density at radius 3 is 1.97 bits per heavy atom. The first kappa shape index (κ1) is 26.2. The summed E-state index contributed by atoms with van der Waals surface area (Å²) >= 11 is 0. The molecule has 31 heavy (non-hydrogen) atoms. The Morgan fingerprint density at radius 1 is 1.10 bits per heavy atom. The van der Waals surface area contributed by atoms with Crippen molar-refractivity contribution in [2.75, 3.05) is 6.61 Å². The number of hydrogen-bond donors (Lipinski definition) is 2. The molecule has 1 aromatic rings. The van der Waals surface area contributed by atoms with Gasteiger partial charge in [0.2, 0.25) is 0 Å². The lowest BCUT2D eigenvalue weighted by Crippen LogP contribution is -2.53. The van der Waals surface area contributed by atoms with Gasteiger partial charge in [0.1, 0.15) is 24.0 Å². The van der Waals surface area contributed by atoms with E-state index in [1.54, 1.807) is 10.8 Å². The van der Waals surface area contributed by atoms with Crippen LogP contribution >= 0.6 is 0 Å². The zero-order valence-electron chi connectivity index (χ0n) is 20.7. The van der Waals surface area contributed by atoms with E-state index in [0.717, 1.165) is 0 Å². The number of nitrogens with two attached hydrogens (primary N) is 1. The van der Waals surface area contributed by atoms with Crippen LogP contribution in [0.5, 0.6) is 0 Å². The van der Waals surface area contributed by atoms with Crippen LogP contribution in [0.2, 0.25) is 36.3 Å². The van der Waals surface area contributed by atoms with E-state index in [2.05, 4.69) is 72.7 Å². The van der Waals surface area contributed by atoms with Crippen molar-refractivity contribution in [3.63, 3.8) is 0 Å². The van der Waals surface area contributed by atoms with Gasteiger partial charge >= 0.3 is 0 Å². The van der Waals surface area contributed by atoms with Gasteiger partial charge in [-0.05, 0) is 36.3 Å². The number of imidazole rings is 1. The van der Waals surface area contributed by atoms with E-state index < -0.39 is 47.1 Å². The summed E-state index contributed by atoms with van der Waals surface area (Å²) in [5.41, 5.74) is 5.55. The van der Waals surface area contributed by atoms with Crippen LogP contribution in [-0.2, 0) is 13.6 Å². The Morgan fingerprint density at radius 2 is 1.58 bits per heavy atom. The number of hydrogen-bond acceptors (Lipinski definition) is 6. The molecule has 0 aliphatic carbocycles. The third kappa shape index (κ3) is 5.48. The van der Waals surface area contributed by atoms with Gasteiger partial charge < -0.3 is 29.0 Å². The van der Waals surface area contributed by atoms with Crippen LogP contribution < -0.4 is 5.73 Å². The lowest BCUT2D eigenvalue weighted by molar-refractivity contribution is -0.0508. The van der Waals surface area contributed by atoms with E-state index in [1.165, 1.54) is 6.33 Å². The SMILES string of the molecule is CC(C)(C)[Si](C)(C)O[C@@H]1[C@H](O[Si](C)(C)C(C)(C)C)[C@@H](CO)O[C@H]1n1cnc(C(N)=O)c1. The first-order valence-corrected chi connectivity index (χ1v) is 16.7. The molecule has 10 heteroatoms. The predicted octanol–water partition coefficient (Wildman–Crippen LogP) is 3.65. The highest BCUT2D eigenvalue weighted by atomic mass is 28.4. The number of carbonyl (C=O) groups excluding carboxylic acids is 1. The maximum Gasteiger partial charge on any atom is 0.268 e. The summed E-state index contributed by atoms with van der Waals surface area (Å²) in [7, 11) is -4.41. The Bertz CT molecular complexity index is 783. The number of aliphatic hydroxyl groups is 1. The Labute approximate surface area is 188 Å². The molecule has 1 amide bonds. The zero-order chi connectivity index (χ0) is 24.0. The summed E-state index contributed by atoms with van der Waals surface area (Å²) in [6, 6.07) is 0. The number of aliphatic hydroxyl groups excluding tert-OH is 1. The van der Waals surface area contributed by atoms with Crippen LogP contribution in [0.4, 0.5) is 0 Å². The van der Waals surface area contributed by atoms with Crippen molar-refractivity contribution < 1.29 is 23.5 Å². The average Bonchev–Trinajstić information content (AvgIpc) is 3.18.